The van der Waals surface area contributed by atoms with Crippen LogP contribution in [-0.4, -0.2) is 0 Å². The van der Waals surface area contributed by atoms with Gasteiger partial charge in [0, 0.05) is 5.41 Å². The topological polar surface area (TPSA) is 0 Å². The molecular formula is C38H34. The molecule has 0 radical (unpaired) electrons. The molecule has 0 saturated carbocycles. The van der Waals surface area contributed by atoms with Crippen LogP contribution in [0.3, 0.4) is 0 Å². The van der Waals surface area contributed by atoms with Crippen LogP contribution in [-0.2, 0) is 5.41 Å². The van der Waals surface area contributed by atoms with Gasteiger partial charge in [0.1, 0.15) is 0 Å². The smallest absolute Gasteiger partial charge is 0.0159 e. The number of benzene rings is 5. The average Bonchev–Trinajstić information content (AvgIpc) is 3.20. The Morgan fingerprint density at radius 2 is 1.21 bits per heavy atom. The highest BCUT2D eigenvalue weighted by Crippen LogP contribution is 2.51. The summed E-state index contributed by atoms with van der Waals surface area (Å²) in [6.45, 7) is 14.6. The van der Waals surface area contributed by atoms with Gasteiger partial charge >= 0.3 is 0 Å². The molecule has 6 rings (SSSR count). The summed E-state index contributed by atoms with van der Waals surface area (Å²) < 4.78 is 0. The SMILES string of the molecule is C=CC(=C)c1ccc(-c2cccc3c2-c2ccccc2C3(C)C)cc1.Cc1cccc(-c2ccccc2)c1. The monoisotopic (exact) mass is 490 g/mol. The number of aryl methyl sites for hydroxylation is 1. The van der Waals surface area contributed by atoms with E-state index in [0.29, 0.717) is 0 Å². The molecule has 0 N–H and O–H groups in total. The normalized spacial score (nSPS) is 12.5. The lowest BCUT2D eigenvalue weighted by atomic mass is 9.82. The Morgan fingerprint density at radius 3 is 1.92 bits per heavy atom. The number of fused-ring (bicyclic) bond motifs is 3. The number of allylic oxidation sites excluding steroid dienone is 2. The second kappa shape index (κ2) is 10.5. The zero-order valence-corrected chi connectivity index (χ0v) is 22.5. The lowest BCUT2D eigenvalue weighted by Gasteiger charge is -2.21. The van der Waals surface area contributed by atoms with Gasteiger partial charge in [-0.25, -0.2) is 0 Å². The van der Waals surface area contributed by atoms with Gasteiger partial charge in [0.2, 0.25) is 0 Å². The summed E-state index contributed by atoms with van der Waals surface area (Å²) in [4.78, 5) is 0. The van der Waals surface area contributed by atoms with Crippen molar-refractivity contribution in [3.63, 3.8) is 0 Å². The third-order valence-corrected chi connectivity index (χ3v) is 7.55. The van der Waals surface area contributed by atoms with Gasteiger partial charge in [-0.1, -0.05) is 160 Å². The summed E-state index contributed by atoms with van der Waals surface area (Å²) >= 11 is 0. The molecule has 1 aliphatic carbocycles. The van der Waals surface area contributed by atoms with Crippen molar-refractivity contribution in [1.82, 2.24) is 0 Å². The first kappa shape index (κ1) is 25.2. The summed E-state index contributed by atoms with van der Waals surface area (Å²) in [6.07, 6.45) is 1.80. The van der Waals surface area contributed by atoms with Crippen molar-refractivity contribution in [3.05, 3.63) is 163 Å². The van der Waals surface area contributed by atoms with E-state index in [1.54, 1.807) is 6.08 Å². The van der Waals surface area contributed by atoms with E-state index in [0.717, 1.165) is 11.1 Å². The Kier molecular flexibility index (Phi) is 6.99. The Hall–Kier alpha value is -4.42. The molecule has 0 aliphatic heterocycles. The van der Waals surface area contributed by atoms with E-state index in [4.69, 9.17) is 0 Å². The van der Waals surface area contributed by atoms with Crippen molar-refractivity contribution in [3.8, 4) is 33.4 Å². The molecular weight excluding hydrogens is 456 g/mol. The van der Waals surface area contributed by atoms with Gasteiger partial charge in [0.05, 0.1) is 0 Å². The van der Waals surface area contributed by atoms with E-state index in [-0.39, 0.29) is 5.41 Å². The molecule has 186 valence electrons. The van der Waals surface area contributed by atoms with Crippen molar-refractivity contribution in [2.75, 3.05) is 0 Å². The minimum absolute atomic E-state index is 0.0407. The molecule has 38 heavy (non-hydrogen) atoms. The van der Waals surface area contributed by atoms with E-state index in [2.05, 4.69) is 149 Å². The number of hydrogen-bond acceptors (Lipinski definition) is 0. The van der Waals surface area contributed by atoms with E-state index in [1.807, 2.05) is 6.07 Å². The lowest BCUT2D eigenvalue weighted by molar-refractivity contribution is 0.660. The van der Waals surface area contributed by atoms with Crippen LogP contribution < -0.4 is 0 Å². The first-order valence-electron chi connectivity index (χ1n) is 13.2. The summed E-state index contributed by atoms with van der Waals surface area (Å²) in [5, 5.41) is 0. The molecule has 0 atom stereocenters. The first-order chi connectivity index (χ1) is 18.4. The van der Waals surface area contributed by atoms with Gasteiger partial charge < -0.3 is 0 Å². The molecule has 0 amide bonds. The van der Waals surface area contributed by atoms with Crippen LogP contribution >= 0.6 is 0 Å². The minimum Gasteiger partial charge on any atom is -0.0985 e. The Bertz CT molecular complexity index is 1600. The maximum atomic E-state index is 4.03. The zero-order chi connectivity index (χ0) is 26.7. The van der Waals surface area contributed by atoms with Crippen LogP contribution in [0.25, 0.3) is 39.0 Å². The molecule has 0 nitrogen and oxygen atoms in total. The van der Waals surface area contributed by atoms with Crippen molar-refractivity contribution >= 4 is 5.57 Å². The molecule has 5 aromatic rings. The van der Waals surface area contributed by atoms with E-state index < -0.39 is 0 Å². The van der Waals surface area contributed by atoms with E-state index >= 15 is 0 Å². The average molecular weight is 491 g/mol. The Balaban J connectivity index is 0.000000190. The van der Waals surface area contributed by atoms with Gasteiger partial charge in [-0.05, 0) is 62.6 Å². The molecule has 0 heterocycles. The summed E-state index contributed by atoms with van der Waals surface area (Å²) in [5.74, 6) is 0. The molecule has 0 heteroatoms. The fraction of sp³-hybridized carbons (Fsp3) is 0.105. The molecule has 0 aromatic heterocycles. The van der Waals surface area contributed by atoms with E-state index in [9.17, 15) is 0 Å². The predicted molar refractivity (Wildman–Crippen MR) is 165 cm³/mol. The van der Waals surface area contributed by atoms with Gasteiger partial charge in [-0.2, -0.15) is 0 Å². The summed E-state index contributed by atoms with van der Waals surface area (Å²) in [6, 6.07) is 43.1. The molecule has 0 spiro atoms. The highest BCUT2D eigenvalue weighted by Gasteiger charge is 2.36. The first-order valence-corrected chi connectivity index (χ1v) is 13.2. The molecule has 1 aliphatic rings. The third-order valence-electron chi connectivity index (χ3n) is 7.55. The van der Waals surface area contributed by atoms with Crippen LogP contribution in [0.1, 0.15) is 36.1 Å². The fourth-order valence-corrected chi connectivity index (χ4v) is 5.43. The molecule has 0 bridgehead atoms. The second-order valence-electron chi connectivity index (χ2n) is 10.4. The summed E-state index contributed by atoms with van der Waals surface area (Å²) in [7, 11) is 0. The van der Waals surface area contributed by atoms with Crippen LogP contribution in [0.5, 0.6) is 0 Å². The molecule has 0 unspecified atom stereocenters. The van der Waals surface area contributed by atoms with Crippen LogP contribution in [0.2, 0.25) is 0 Å². The van der Waals surface area contributed by atoms with Gasteiger partial charge in [0.15, 0.2) is 0 Å². The van der Waals surface area contributed by atoms with Gasteiger partial charge in [-0.15, -0.1) is 0 Å². The quantitative estimate of drug-likeness (QED) is 0.220. The highest BCUT2D eigenvalue weighted by molar-refractivity contribution is 5.92. The van der Waals surface area contributed by atoms with Crippen LogP contribution in [0.15, 0.2) is 141 Å². The van der Waals surface area contributed by atoms with Crippen molar-refractivity contribution in [1.29, 1.82) is 0 Å². The molecule has 0 saturated heterocycles. The maximum Gasteiger partial charge on any atom is 0.0159 e. The van der Waals surface area contributed by atoms with Crippen LogP contribution in [0.4, 0.5) is 0 Å². The van der Waals surface area contributed by atoms with Crippen LogP contribution in [0, 0.1) is 6.92 Å². The largest absolute Gasteiger partial charge is 0.0985 e. The van der Waals surface area contributed by atoms with Gasteiger partial charge in [-0.3, -0.25) is 0 Å². The van der Waals surface area contributed by atoms with Crippen molar-refractivity contribution in [2.45, 2.75) is 26.2 Å². The fourth-order valence-electron chi connectivity index (χ4n) is 5.43. The highest BCUT2D eigenvalue weighted by atomic mass is 14.4. The molecule has 5 aromatic carbocycles. The molecule has 0 fully saturated rings. The zero-order valence-electron chi connectivity index (χ0n) is 22.5. The second-order valence-corrected chi connectivity index (χ2v) is 10.4. The third kappa shape index (κ3) is 4.78. The van der Waals surface area contributed by atoms with E-state index in [1.165, 1.54) is 50.1 Å². The summed E-state index contributed by atoms with van der Waals surface area (Å²) in [5.41, 5.74) is 14.1. The van der Waals surface area contributed by atoms with Gasteiger partial charge in [0.25, 0.3) is 0 Å². The Morgan fingerprint density at radius 1 is 0.605 bits per heavy atom. The van der Waals surface area contributed by atoms with Crippen molar-refractivity contribution in [2.24, 2.45) is 0 Å². The maximum absolute atomic E-state index is 4.03. The van der Waals surface area contributed by atoms with Crippen molar-refractivity contribution < 1.29 is 0 Å². The minimum atomic E-state index is 0.0407. The Labute approximate surface area is 227 Å². The lowest BCUT2D eigenvalue weighted by Crippen LogP contribution is -2.14. The standard InChI is InChI=1S/C25H22.C13H12/c1-5-17(2)18-13-15-19(16-14-18)20-10-8-12-23-24(20)21-9-6-7-11-22(21)25(23,3)4;1-11-6-5-9-13(10-11)12-7-3-2-4-8-12/h5-16H,1-2H2,3-4H3;2-10H,1H3. The predicted octanol–water partition coefficient (Wildman–Crippen LogP) is 10.5. The number of rotatable bonds is 4. The number of hydrogen-bond donors (Lipinski definition) is 0.